The van der Waals surface area contributed by atoms with E-state index in [4.69, 9.17) is 9.05 Å². The van der Waals surface area contributed by atoms with Crippen LogP contribution >= 0.6 is 7.82 Å². The average Bonchev–Trinajstić information content (AvgIpc) is 3.56. The van der Waals surface area contributed by atoms with Crippen molar-refractivity contribution < 1.29 is 32.9 Å². The molecule has 0 rings (SSSR count). The van der Waals surface area contributed by atoms with E-state index in [2.05, 4.69) is 19.2 Å². The molecule has 9 heteroatoms. The van der Waals surface area contributed by atoms with Crippen LogP contribution in [-0.2, 0) is 18.4 Å². The fraction of sp³-hybridized carbons (Fsp3) is 0.987. The topological polar surface area (TPSA) is 108 Å². The largest absolute Gasteiger partial charge is 0.756 e. The number of phosphoric acid groups is 1. The summed E-state index contributed by atoms with van der Waals surface area (Å²) >= 11 is 0. The first-order valence-corrected chi connectivity index (χ1v) is 39.8. The number of rotatable bonds is 73. The molecule has 84 heavy (non-hydrogen) atoms. The molecule has 0 aromatic heterocycles. The predicted molar refractivity (Wildman–Crippen MR) is 367 cm³/mol. The summed E-state index contributed by atoms with van der Waals surface area (Å²) in [5, 5.41) is 14.1. The van der Waals surface area contributed by atoms with Crippen molar-refractivity contribution in [1.82, 2.24) is 5.32 Å². The van der Waals surface area contributed by atoms with E-state index in [9.17, 15) is 19.4 Å². The van der Waals surface area contributed by atoms with E-state index in [1.165, 1.54) is 360 Å². The van der Waals surface area contributed by atoms with Crippen LogP contribution in [0.3, 0.4) is 0 Å². The Morgan fingerprint density at radius 2 is 0.583 bits per heavy atom. The van der Waals surface area contributed by atoms with Crippen molar-refractivity contribution in [2.45, 2.75) is 437 Å². The second-order valence-electron chi connectivity index (χ2n) is 28.1. The number of hydrogen-bond acceptors (Lipinski definition) is 6. The first kappa shape index (κ1) is 83.5. The molecule has 0 aliphatic heterocycles. The maximum atomic E-state index is 13.1. The molecular formula is C75H153N2O6P. The van der Waals surface area contributed by atoms with E-state index in [1.54, 1.807) is 0 Å². The quantitative estimate of drug-likeness (QED) is 0.0357. The van der Waals surface area contributed by atoms with E-state index in [-0.39, 0.29) is 19.1 Å². The zero-order valence-electron chi connectivity index (χ0n) is 57.9. The molecule has 0 saturated heterocycles. The fourth-order valence-corrected chi connectivity index (χ4v) is 13.1. The molecule has 0 spiro atoms. The Bertz CT molecular complexity index is 1330. The second kappa shape index (κ2) is 66.9. The molecule has 0 aliphatic carbocycles. The van der Waals surface area contributed by atoms with Crippen molar-refractivity contribution >= 4 is 13.7 Å². The van der Waals surface area contributed by atoms with Crippen molar-refractivity contribution in [2.24, 2.45) is 0 Å². The van der Waals surface area contributed by atoms with E-state index in [0.29, 0.717) is 23.9 Å². The fourth-order valence-electron chi connectivity index (χ4n) is 12.4. The van der Waals surface area contributed by atoms with Crippen molar-refractivity contribution in [3.8, 4) is 0 Å². The van der Waals surface area contributed by atoms with Crippen LogP contribution in [0.25, 0.3) is 0 Å². The van der Waals surface area contributed by atoms with Crippen LogP contribution in [-0.4, -0.2) is 68.5 Å². The number of likely N-dealkylation sites (N-methyl/N-ethyl adjacent to an activating group) is 1. The lowest BCUT2D eigenvalue weighted by Crippen LogP contribution is -2.46. The van der Waals surface area contributed by atoms with E-state index < -0.39 is 20.0 Å². The Kier molecular flexibility index (Phi) is 66.5. The van der Waals surface area contributed by atoms with E-state index >= 15 is 0 Å². The number of nitrogens with zero attached hydrogens (tertiary/aromatic N) is 1. The van der Waals surface area contributed by atoms with Gasteiger partial charge in [0.1, 0.15) is 13.2 Å². The average molecular weight is 1210 g/mol. The molecule has 3 atom stereocenters. The molecule has 0 bridgehead atoms. The number of amides is 1. The highest BCUT2D eigenvalue weighted by Gasteiger charge is 2.24. The van der Waals surface area contributed by atoms with Crippen molar-refractivity contribution in [2.75, 3.05) is 40.9 Å². The smallest absolute Gasteiger partial charge is 0.268 e. The Hall–Kier alpha value is -0.500. The highest BCUT2D eigenvalue weighted by molar-refractivity contribution is 7.45. The Balaban J connectivity index is 3.83. The van der Waals surface area contributed by atoms with Crippen LogP contribution in [0.15, 0.2) is 0 Å². The molecule has 0 aromatic carbocycles. The third-order valence-corrected chi connectivity index (χ3v) is 19.3. The molecule has 2 N–H and O–H groups in total. The highest BCUT2D eigenvalue weighted by atomic mass is 31.2. The summed E-state index contributed by atoms with van der Waals surface area (Å²) in [6.45, 7) is 4.80. The molecule has 504 valence electrons. The summed E-state index contributed by atoms with van der Waals surface area (Å²) in [6.07, 6.45) is 85.1. The zero-order chi connectivity index (χ0) is 61.2. The van der Waals surface area contributed by atoms with Gasteiger partial charge in [-0.05, 0) is 12.8 Å². The van der Waals surface area contributed by atoms with Crippen molar-refractivity contribution in [3.05, 3.63) is 0 Å². The van der Waals surface area contributed by atoms with Gasteiger partial charge in [0.25, 0.3) is 7.82 Å². The van der Waals surface area contributed by atoms with Gasteiger partial charge >= 0.3 is 0 Å². The molecule has 1 amide bonds. The minimum Gasteiger partial charge on any atom is -0.756 e. The number of nitrogens with one attached hydrogen (secondary N) is 1. The summed E-state index contributed by atoms with van der Waals surface area (Å²) in [6, 6.07) is -0.797. The number of unbranched alkanes of at least 4 members (excludes halogenated alkanes) is 60. The first-order valence-electron chi connectivity index (χ1n) is 38.4. The van der Waals surface area contributed by atoms with Crippen LogP contribution in [0, 0.1) is 0 Å². The van der Waals surface area contributed by atoms with Crippen molar-refractivity contribution in [3.63, 3.8) is 0 Å². The normalized spacial score (nSPS) is 13.5. The standard InChI is InChI=1S/C75H153N2O6P/c1-6-8-10-12-14-16-18-20-22-24-26-28-29-30-31-32-33-34-35-36-37-38-39-40-41-42-43-44-45-46-47-49-51-53-55-57-59-61-63-65-67-69-75(79)76-73(72-83-84(80,81)82-71-70-77(3,4)5)74(78)68-66-64-62-60-58-56-54-52-50-48-27-25-23-21-19-17-15-13-11-9-7-2/h73-74,78H,6-72H2,1-5H3,(H-,76,79,80,81). The van der Waals surface area contributed by atoms with Gasteiger partial charge in [-0.25, -0.2) is 0 Å². The molecule has 0 radical (unpaired) electrons. The molecule has 0 aromatic rings. The molecule has 3 unspecified atom stereocenters. The van der Waals surface area contributed by atoms with Gasteiger partial charge in [0.15, 0.2) is 0 Å². The number of carbonyl (C=O) groups excluding carboxylic acids is 1. The first-order chi connectivity index (χ1) is 41.0. The van der Waals surface area contributed by atoms with Gasteiger partial charge in [-0.3, -0.25) is 9.36 Å². The van der Waals surface area contributed by atoms with Gasteiger partial charge < -0.3 is 28.8 Å². The van der Waals surface area contributed by atoms with Gasteiger partial charge in [0.05, 0.1) is 39.9 Å². The number of quaternary nitrogens is 1. The van der Waals surface area contributed by atoms with Gasteiger partial charge in [-0.15, -0.1) is 0 Å². The molecular weight excluding hydrogens is 1060 g/mol. The lowest BCUT2D eigenvalue weighted by Gasteiger charge is -2.30. The van der Waals surface area contributed by atoms with Crippen LogP contribution in [0.4, 0.5) is 0 Å². The number of aliphatic hydroxyl groups excluding tert-OH is 1. The minimum atomic E-state index is -4.58. The molecule has 0 aliphatic rings. The number of aliphatic hydroxyl groups is 1. The Morgan fingerprint density at radius 3 is 0.810 bits per heavy atom. The molecule has 8 nitrogen and oxygen atoms in total. The third-order valence-electron chi connectivity index (χ3n) is 18.3. The van der Waals surface area contributed by atoms with Crippen molar-refractivity contribution in [1.29, 1.82) is 0 Å². The van der Waals surface area contributed by atoms with Gasteiger partial charge in [-0.1, -0.05) is 406 Å². The molecule has 0 heterocycles. The third kappa shape index (κ3) is 69.0. The number of hydrogen-bond donors (Lipinski definition) is 2. The SMILES string of the molecule is CCCCCCCCCCCCCCCCCCCCCCCCCCCCCCCCCCCCCCCCCCCC(=O)NC(COP(=O)([O-])OCC[N+](C)(C)C)C(O)CCCCCCCCCCCCCCCCCCCCCCC. The summed E-state index contributed by atoms with van der Waals surface area (Å²) in [7, 11) is 1.33. The Labute approximate surface area is 527 Å². The summed E-state index contributed by atoms with van der Waals surface area (Å²) < 4.78 is 23.6. The summed E-state index contributed by atoms with van der Waals surface area (Å²) in [4.78, 5) is 25.7. The second-order valence-corrected chi connectivity index (χ2v) is 29.5. The highest BCUT2D eigenvalue weighted by Crippen LogP contribution is 2.38. The van der Waals surface area contributed by atoms with Gasteiger partial charge in [0.2, 0.25) is 5.91 Å². The molecule has 0 fully saturated rings. The van der Waals surface area contributed by atoms with E-state index in [0.717, 1.165) is 38.5 Å². The maximum absolute atomic E-state index is 13.1. The lowest BCUT2D eigenvalue weighted by atomic mass is 10.0. The summed E-state index contributed by atoms with van der Waals surface area (Å²) in [5.74, 6) is -0.153. The monoisotopic (exact) mass is 1210 g/mol. The van der Waals surface area contributed by atoms with Crippen LogP contribution < -0.4 is 10.2 Å². The van der Waals surface area contributed by atoms with Crippen LogP contribution in [0.2, 0.25) is 0 Å². The Morgan fingerprint density at radius 1 is 0.369 bits per heavy atom. The number of phosphoric ester groups is 1. The van der Waals surface area contributed by atoms with Gasteiger partial charge in [0, 0.05) is 6.42 Å². The molecule has 0 saturated carbocycles. The zero-order valence-corrected chi connectivity index (χ0v) is 58.8. The summed E-state index contributed by atoms with van der Waals surface area (Å²) in [5.41, 5.74) is 0. The van der Waals surface area contributed by atoms with Crippen LogP contribution in [0.5, 0.6) is 0 Å². The maximum Gasteiger partial charge on any atom is 0.268 e. The number of carbonyl (C=O) groups is 1. The lowest BCUT2D eigenvalue weighted by molar-refractivity contribution is -0.870. The van der Waals surface area contributed by atoms with Crippen LogP contribution in [0.1, 0.15) is 425 Å². The minimum absolute atomic E-state index is 0.0170. The van der Waals surface area contributed by atoms with E-state index in [1.807, 2.05) is 21.1 Å². The van der Waals surface area contributed by atoms with Gasteiger partial charge in [-0.2, -0.15) is 0 Å². The predicted octanol–water partition coefficient (Wildman–Crippen LogP) is 24.0.